The number of hydrogen-bond acceptors (Lipinski definition) is 4. The van der Waals surface area contributed by atoms with Crippen LogP contribution in [0.25, 0.3) is 0 Å². The molecule has 0 unspecified atom stereocenters. The first-order chi connectivity index (χ1) is 9.51. The van der Waals surface area contributed by atoms with Gasteiger partial charge in [0.25, 0.3) is 0 Å². The summed E-state index contributed by atoms with van der Waals surface area (Å²) < 4.78 is 0. The van der Waals surface area contributed by atoms with Crippen molar-refractivity contribution in [1.82, 2.24) is 20.1 Å². The van der Waals surface area contributed by atoms with E-state index >= 15 is 0 Å². The summed E-state index contributed by atoms with van der Waals surface area (Å²) in [6.07, 6.45) is 5.43. The molecule has 1 amide bonds. The largest absolute Gasteiger partial charge is 0.481 e. The van der Waals surface area contributed by atoms with Crippen LogP contribution in [0.2, 0.25) is 0 Å². The Hall–Kier alpha value is -1.92. The van der Waals surface area contributed by atoms with E-state index in [0.29, 0.717) is 18.8 Å². The molecule has 0 atom stereocenters. The summed E-state index contributed by atoms with van der Waals surface area (Å²) in [5.41, 5.74) is -0.363. The molecular weight excluding hydrogens is 260 g/mol. The second-order valence-corrected chi connectivity index (χ2v) is 5.64. The number of carboxylic acids is 1. The molecule has 1 heterocycles. The number of aromatic nitrogens is 3. The van der Waals surface area contributed by atoms with Gasteiger partial charge in [0.05, 0.1) is 13.0 Å². The number of rotatable bonds is 6. The molecule has 1 fully saturated rings. The lowest BCUT2D eigenvalue weighted by atomic mass is 9.79. The van der Waals surface area contributed by atoms with E-state index in [2.05, 4.69) is 15.2 Å². The van der Waals surface area contributed by atoms with E-state index < -0.39 is 5.97 Å². The number of carboxylic acid groups (broad SMARTS) is 1. The minimum absolute atomic E-state index is 0.0375. The first kappa shape index (κ1) is 14.5. The van der Waals surface area contributed by atoms with Crippen molar-refractivity contribution in [3.63, 3.8) is 0 Å². The van der Waals surface area contributed by atoms with Crippen molar-refractivity contribution in [2.24, 2.45) is 5.41 Å². The average molecular weight is 280 g/mol. The quantitative estimate of drug-likeness (QED) is 0.815. The highest BCUT2D eigenvalue weighted by Crippen LogP contribution is 2.44. The zero-order chi connectivity index (χ0) is 14.6. The van der Waals surface area contributed by atoms with Gasteiger partial charge in [-0.2, -0.15) is 5.10 Å². The molecular formula is C13H20N4O3. The molecule has 110 valence electrons. The predicted octanol–water partition coefficient (Wildman–Crippen LogP) is 1.19. The average Bonchev–Trinajstić information content (AvgIpc) is 3.00. The lowest BCUT2D eigenvalue weighted by Crippen LogP contribution is -2.33. The first-order valence-electron chi connectivity index (χ1n) is 6.81. The fraction of sp³-hybridized carbons (Fsp3) is 0.692. The Labute approximate surface area is 117 Å². The van der Waals surface area contributed by atoms with Gasteiger partial charge in [0, 0.05) is 13.5 Å². The number of nitrogens with one attached hydrogen (secondary N) is 1. The molecule has 2 rings (SSSR count). The van der Waals surface area contributed by atoms with Crippen molar-refractivity contribution in [2.75, 3.05) is 7.05 Å². The van der Waals surface area contributed by atoms with Crippen molar-refractivity contribution in [2.45, 2.75) is 45.1 Å². The Morgan fingerprint density at radius 3 is 2.65 bits per heavy atom. The van der Waals surface area contributed by atoms with E-state index in [9.17, 15) is 9.59 Å². The summed E-state index contributed by atoms with van der Waals surface area (Å²) in [5, 5.41) is 15.5. The number of carbonyl (C=O) groups is 2. The molecule has 0 aliphatic heterocycles. The van der Waals surface area contributed by atoms with Gasteiger partial charge in [0.1, 0.15) is 12.2 Å². The summed E-state index contributed by atoms with van der Waals surface area (Å²) in [6.45, 7) is 0.363. The Morgan fingerprint density at radius 1 is 1.40 bits per heavy atom. The molecule has 1 aliphatic carbocycles. The maximum Gasteiger partial charge on any atom is 0.303 e. The summed E-state index contributed by atoms with van der Waals surface area (Å²) in [4.78, 5) is 28.9. The number of nitrogens with zero attached hydrogens (tertiary/aromatic N) is 3. The SMILES string of the molecule is CN(Cc1ncn[nH]1)C(=O)CC1(CC(=O)O)CCCC1. The normalized spacial score (nSPS) is 17.1. The van der Waals surface area contributed by atoms with Crippen molar-refractivity contribution in [3.8, 4) is 0 Å². The Kier molecular flexibility index (Phi) is 4.36. The molecule has 0 saturated heterocycles. The Morgan fingerprint density at radius 2 is 2.10 bits per heavy atom. The van der Waals surface area contributed by atoms with Gasteiger partial charge in [-0.1, -0.05) is 12.8 Å². The number of aliphatic carboxylic acids is 1. The van der Waals surface area contributed by atoms with Crippen molar-refractivity contribution in [1.29, 1.82) is 0 Å². The number of H-pyrrole nitrogens is 1. The number of aromatic amines is 1. The first-order valence-corrected chi connectivity index (χ1v) is 6.81. The summed E-state index contributed by atoms with van der Waals surface area (Å²) in [5.74, 6) is -0.235. The fourth-order valence-electron chi connectivity index (χ4n) is 2.94. The zero-order valence-electron chi connectivity index (χ0n) is 11.6. The monoisotopic (exact) mass is 280 g/mol. The number of amides is 1. The smallest absolute Gasteiger partial charge is 0.303 e. The fourth-order valence-corrected chi connectivity index (χ4v) is 2.94. The lowest BCUT2D eigenvalue weighted by Gasteiger charge is -2.28. The molecule has 1 aromatic heterocycles. The number of hydrogen-bond donors (Lipinski definition) is 2. The standard InChI is InChI=1S/C13H20N4O3/c1-17(8-10-14-9-15-16-10)11(18)6-13(7-12(19)20)4-2-3-5-13/h9H,2-8H2,1H3,(H,19,20)(H,14,15,16). The van der Waals surface area contributed by atoms with Crippen LogP contribution in [-0.2, 0) is 16.1 Å². The molecule has 1 aliphatic rings. The highest BCUT2D eigenvalue weighted by molar-refractivity contribution is 5.78. The molecule has 1 saturated carbocycles. The van der Waals surface area contributed by atoms with Crippen LogP contribution < -0.4 is 0 Å². The topological polar surface area (TPSA) is 99.2 Å². The lowest BCUT2D eigenvalue weighted by molar-refractivity contribution is -0.141. The van der Waals surface area contributed by atoms with Crippen LogP contribution in [0.5, 0.6) is 0 Å². The minimum atomic E-state index is -0.822. The van der Waals surface area contributed by atoms with E-state index in [4.69, 9.17) is 5.11 Å². The van der Waals surface area contributed by atoms with E-state index in [1.165, 1.54) is 6.33 Å². The van der Waals surface area contributed by atoms with Crippen LogP contribution in [0.3, 0.4) is 0 Å². The molecule has 1 aromatic rings. The van der Waals surface area contributed by atoms with Crippen molar-refractivity contribution < 1.29 is 14.7 Å². The van der Waals surface area contributed by atoms with Gasteiger partial charge in [-0.25, -0.2) is 4.98 Å². The van der Waals surface area contributed by atoms with Crippen LogP contribution in [0.1, 0.15) is 44.3 Å². The molecule has 0 spiro atoms. The maximum absolute atomic E-state index is 12.3. The van der Waals surface area contributed by atoms with Crippen molar-refractivity contribution in [3.05, 3.63) is 12.2 Å². The molecule has 0 radical (unpaired) electrons. The van der Waals surface area contributed by atoms with E-state index in [0.717, 1.165) is 25.7 Å². The highest BCUT2D eigenvalue weighted by atomic mass is 16.4. The van der Waals surface area contributed by atoms with Gasteiger partial charge in [0.15, 0.2) is 0 Å². The molecule has 7 heteroatoms. The van der Waals surface area contributed by atoms with Gasteiger partial charge in [-0.15, -0.1) is 0 Å². The van der Waals surface area contributed by atoms with E-state index in [1.54, 1.807) is 11.9 Å². The Bertz CT molecular complexity index is 466. The molecule has 20 heavy (non-hydrogen) atoms. The zero-order valence-corrected chi connectivity index (χ0v) is 11.6. The van der Waals surface area contributed by atoms with Gasteiger partial charge >= 0.3 is 5.97 Å². The van der Waals surface area contributed by atoms with Crippen LogP contribution in [0, 0.1) is 5.41 Å². The van der Waals surface area contributed by atoms with Gasteiger partial charge in [0.2, 0.25) is 5.91 Å². The molecule has 2 N–H and O–H groups in total. The van der Waals surface area contributed by atoms with Crippen molar-refractivity contribution >= 4 is 11.9 Å². The highest BCUT2D eigenvalue weighted by Gasteiger charge is 2.38. The van der Waals surface area contributed by atoms with Gasteiger partial charge in [-0.3, -0.25) is 14.7 Å². The minimum Gasteiger partial charge on any atom is -0.481 e. The summed E-state index contributed by atoms with van der Waals surface area (Å²) in [7, 11) is 1.70. The summed E-state index contributed by atoms with van der Waals surface area (Å²) in [6, 6.07) is 0. The maximum atomic E-state index is 12.3. The second-order valence-electron chi connectivity index (χ2n) is 5.64. The third kappa shape index (κ3) is 3.55. The van der Waals surface area contributed by atoms with Crippen LogP contribution in [0.15, 0.2) is 6.33 Å². The van der Waals surface area contributed by atoms with Crippen LogP contribution >= 0.6 is 0 Å². The second kappa shape index (κ2) is 6.02. The molecule has 0 bridgehead atoms. The predicted molar refractivity (Wildman–Crippen MR) is 70.6 cm³/mol. The molecule has 0 aromatic carbocycles. The Balaban J connectivity index is 1.95. The van der Waals surface area contributed by atoms with Gasteiger partial charge < -0.3 is 10.0 Å². The van der Waals surface area contributed by atoms with Crippen LogP contribution in [0.4, 0.5) is 0 Å². The van der Waals surface area contributed by atoms with Crippen LogP contribution in [-0.4, -0.2) is 44.1 Å². The third-order valence-electron chi connectivity index (χ3n) is 3.99. The van der Waals surface area contributed by atoms with Gasteiger partial charge in [-0.05, 0) is 18.3 Å². The third-order valence-corrected chi connectivity index (χ3v) is 3.99. The number of carbonyl (C=O) groups excluding carboxylic acids is 1. The summed E-state index contributed by atoms with van der Waals surface area (Å²) >= 11 is 0. The van der Waals surface area contributed by atoms with E-state index in [1.807, 2.05) is 0 Å². The van der Waals surface area contributed by atoms with E-state index in [-0.39, 0.29) is 17.7 Å². The molecule has 7 nitrogen and oxygen atoms in total.